The third kappa shape index (κ3) is 4.17. The van der Waals surface area contributed by atoms with Gasteiger partial charge in [-0.15, -0.1) is 0 Å². The quantitative estimate of drug-likeness (QED) is 0.456. The number of nitrogens with one attached hydrogen (secondary N) is 3. The highest BCUT2D eigenvalue weighted by atomic mass is 16.2. The van der Waals surface area contributed by atoms with E-state index >= 15 is 0 Å². The van der Waals surface area contributed by atoms with E-state index in [1.807, 2.05) is 0 Å². The molecule has 152 valence electrons. The van der Waals surface area contributed by atoms with Gasteiger partial charge in [-0.05, 0) is 31.0 Å². The number of anilines is 4. The Morgan fingerprint density at radius 1 is 1.10 bits per heavy atom. The number of hydrogen-bond acceptors (Lipinski definition) is 8. The first-order valence-electron chi connectivity index (χ1n) is 9.37. The second kappa shape index (κ2) is 8.11. The van der Waals surface area contributed by atoms with Crippen molar-refractivity contribution in [2.75, 3.05) is 23.4 Å². The van der Waals surface area contributed by atoms with Crippen LogP contribution >= 0.6 is 0 Å². The molecule has 4 rings (SSSR count). The van der Waals surface area contributed by atoms with E-state index < -0.39 is 5.91 Å². The van der Waals surface area contributed by atoms with Gasteiger partial charge in [0, 0.05) is 18.7 Å². The number of nitrogen functional groups attached to an aromatic ring is 1. The van der Waals surface area contributed by atoms with E-state index in [-0.39, 0.29) is 23.0 Å². The monoisotopic (exact) mass is 404 g/mol. The predicted octanol–water partition coefficient (Wildman–Crippen LogP) is 2.08. The second-order valence-corrected chi connectivity index (χ2v) is 6.86. The molecule has 0 atom stereocenters. The van der Waals surface area contributed by atoms with Gasteiger partial charge in [-0.1, -0.05) is 0 Å². The van der Waals surface area contributed by atoms with Gasteiger partial charge in [0.25, 0.3) is 11.8 Å². The molecule has 0 aliphatic heterocycles. The predicted molar refractivity (Wildman–Crippen MR) is 112 cm³/mol. The van der Waals surface area contributed by atoms with E-state index in [1.54, 1.807) is 30.7 Å². The Morgan fingerprint density at radius 2 is 1.87 bits per heavy atom. The van der Waals surface area contributed by atoms with Crippen LogP contribution in [0, 0.1) is 0 Å². The molecule has 0 bridgehead atoms. The number of carbonyl (C=O) groups excluding carboxylic acids is 2. The maximum absolute atomic E-state index is 13.1. The molecule has 2 aromatic heterocycles. The first-order valence-corrected chi connectivity index (χ1v) is 9.37. The third-order valence-corrected chi connectivity index (χ3v) is 4.59. The van der Waals surface area contributed by atoms with Gasteiger partial charge in [0.05, 0.1) is 41.2 Å². The van der Waals surface area contributed by atoms with Gasteiger partial charge >= 0.3 is 0 Å². The van der Waals surface area contributed by atoms with E-state index in [0.717, 1.165) is 18.5 Å². The number of nitrogens with zero attached hydrogens (tertiary/aromatic N) is 4. The highest BCUT2D eigenvalue weighted by Crippen LogP contribution is 2.39. The van der Waals surface area contributed by atoms with Crippen LogP contribution in [0.15, 0.2) is 43.1 Å². The average Bonchev–Trinajstić information content (AvgIpc) is 3.61. The molecule has 10 heteroatoms. The number of rotatable bonds is 6. The molecule has 1 aliphatic rings. The van der Waals surface area contributed by atoms with Crippen molar-refractivity contribution < 1.29 is 9.59 Å². The van der Waals surface area contributed by atoms with Crippen LogP contribution in [-0.2, 0) is 0 Å². The summed E-state index contributed by atoms with van der Waals surface area (Å²) in [4.78, 5) is 42.1. The topological polar surface area (TPSA) is 148 Å². The molecule has 0 unspecified atom stereocenters. The Hall–Kier alpha value is -4.08. The fourth-order valence-electron chi connectivity index (χ4n) is 2.90. The van der Waals surface area contributed by atoms with Gasteiger partial charge in [-0.25, -0.2) is 19.9 Å². The second-order valence-electron chi connectivity index (χ2n) is 6.86. The molecule has 0 radical (unpaired) electrons. The van der Waals surface area contributed by atoms with Crippen molar-refractivity contribution in [3.63, 3.8) is 0 Å². The first-order chi connectivity index (χ1) is 14.5. The molecule has 1 saturated carbocycles. The minimum absolute atomic E-state index is 0.114. The molecule has 2 heterocycles. The van der Waals surface area contributed by atoms with Gasteiger partial charge in [-0.2, -0.15) is 0 Å². The number of aromatic nitrogens is 4. The average molecular weight is 404 g/mol. The van der Waals surface area contributed by atoms with Crippen LogP contribution in [0.2, 0.25) is 0 Å². The highest BCUT2D eigenvalue weighted by molar-refractivity contribution is 6.10. The summed E-state index contributed by atoms with van der Waals surface area (Å²) < 4.78 is 0. The maximum Gasteiger partial charge on any atom is 0.278 e. The lowest BCUT2D eigenvalue weighted by atomic mass is 10.1. The fraction of sp³-hybridized carbons (Fsp3) is 0.200. The molecule has 0 spiro atoms. The molecular weight excluding hydrogens is 384 g/mol. The van der Waals surface area contributed by atoms with Crippen LogP contribution in [0.4, 0.5) is 22.9 Å². The molecule has 3 aromatic rings. The van der Waals surface area contributed by atoms with E-state index in [1.165, 1.54) is 19.4 Å². The molecule has 1 aromatic carbocycles. The summed E-state index contributed by atoms with van der Waals surface area (Å²) in [7, 11) is 1.51. The summed E-state index contributed by atoms with van der Waals surface area (Å²) >= 11 is 0. The highest BCUT2D eigenvalue weighted by Gasteiger charge is 2.28. The number of hydrogen-bond donors (Lipinski definition) is 4. The van der Waals surface area contributed by atoms with Crippen LogP contribution in [0.1, 0.15) is 45.3 Å². The zero-order chi connectivity index (χ0) is 21.1. The minimum atomic E-state index is -0.501. The Kier molecular flexibility index (Phi) is 5.21. The van der Waals surface area contributed by atoms with Crippen LogP contribution in [0.25, 0.3) is 0 Å². The molecule has 30 heavy (non-hydrogen) atoms. The largest absolute Gasteiger partial charge is 0.399 e. The zero-order valence-electron chi connectivity index (χ0n) is 16.2. The molecule has 1 fully saturated rings. The first kappa shape index (κ1) is 19.2. The van der Waals surface area contributed by atoms with Crippen LogP contribution < -0.4 is 21.7 Å². The molecule has 1 aliphatic carbocycles. The summed E-state index contributed by atoms with van der Waals surface area (Å²) in [6, 6.07) is 4.68. The molecule has 10 nitrogen and oxygen atoms in total. The van der Waals surface area contributed by atoms with Gasteiger partial charge in [-0.3, -0.25) is 9.59 Å². The molecule has 0 saturated heterocycles. The zero-order valence-corrected chi connectivity index (χ0v) is 16.2. The third-order valence-electron chi connectivity index (χ3n) is 4.59. The Labute approximate surface area is 172 Å². The SMILES string of the molecule is CNC(=O)c1cc(N)ccc1NC(=O)c1nc(C2CC2)cnc1Nc1cncnc1. The summed E-state index contributed by atoms with van der Waals surface area (Å²) in [6.07, 6.45) is 8.24. The van der Waals surface area contributed by atoms with Crippen LogP contribution in [0.3, 0.4) is 0 Å². The van der Waals surface area contributed by atoms with Gasteiger partial charge in [0.2, 0.25) is 0 Å². The molecular formula is C20H20N8O2. The minimum Gasteiger partial charge on any atom is -0.399 e. The number of nitrogens with two attached hydrogens (primary N) is 1. The lowest BCUT2D eigenvalue weighted by Crippen LogP contribution is -2.23. The Morgan fingerprint density at radius 3 is 2.57 bits per heavy atom. The fourth-order valence-corrected chi connectivity index (χ4v) is 2.90. The number of benzene rings is 1. The van der Waals surface area contributed by atoms with Crippen molar-refractivity contribution in [3.8, 4) is 0 Å². The van der Waals surface area contributed by atoms with Gasteiger partial charge in [0.1, 0.15) is 6.33 Å². The number of amides is 2. The van der Waals surface area contributed by atoms with Crippen molar-refractivity contribution in [1.29, 1.82) is 0 Å². The van der Waals surface area contributed by atoms with E-state index in [9.17, 15) is 9.59 Å². The maximum atomic E-state index is 13.1. The van der Waals surface area contributed by atoms with Crippen molar-refractivity contribution in [2.45, 2.75) is 18.8 Å². The van der Waals surface area contributed by atoms with E-state index in [4.69, 9.17) is 5.73 Å². The lowest BCUT2D eigenvalue weighted by molar-refractivity contribution is 0.0964. The Balaban J connectivity index is 1.67. The van der Waals surface area contributed by atoms with Crippen molar-refractivity contribution in [2.24, 2.45) is 0 Å². The summed E-state index contributed by atoms with van der Waals surface area (Å²) in [5.74, 6) is -0.283. The summed E-state index contributed by atoms with van der Waals surface area (Å²) in [6.45, 7) is 0. The standard InChI is InChI=1S/C20H20N8O2/c1-22-19(29)14-6-12(21)4-5-15(14)28-20(30)17-18(26-13-7-23-10-24-8-13)25-9-16(27-17)11-2-3-11/h4-11H,2-3,21H2,1H3,(H,22,29)(H,25,26)(H,28,30). The summed E-state index contributed by atoms with van der Waals surface area (Å²) in [5.41, 5.74) is 8.22. The summed E-state index contributed by atoms with van der Waals surface area (Å²) in [5, 5.41) is 8.32. The van der Waals surface area contributed by atoms with E-state index in [0.29, 0.717) is 23.0 Å². The smallest absolute Gasteiger partial charge is 0.278 e. The molecule has 2 amide bonds. The van der Waals surface area contributed by atoms with Crippen molar-refractivity contribution in [1.82, 2.24) is 25.3 Å². The van der Waals surface area contributed by atoms with Crippen molar-refractivity contribution >= 4 is 34.7 Å². The lowest BCUT2D eigenvalue weighted by Gasteiger charge is -2.14. The Bertz CT molecular complexity index is 1100. The normalized spacial score (nSPS) is 12.8. The van der Waals surface area contributed by atoms with Gasteiger partial charge in [0.15, 0.2) is 11.5 Å². The molecule has 5 N–H and O–H groups in total. The van der Waals surface area contributed by atoms with Crippen LogP contribution in [-0.4, -0.2) is 38.8 Å². The van der Waals surface area contributed by atoms with E-state index in [2.05, 4.69) is 35.9 Å². The van der Waals surface area contributed by atoms with Crippen molar-refractivity contribution in [3.05, 3.63) is 60.1 Å². The number of carbonyl (C=O) groups is 2. The van der Waals surface area contributed by atoms with Gasteiger partial charge < -0.3 is 21.7 Å². The van der Waals surface area contributed by atoms with Crippen LogP contribution in [0.5, 0.6) is 0 Å².